The Balaban J connectivity index is 1.46. The van der Waals surface area contributed by atoms with E-state index in [0.717, 1.165) is 37.9 Å². The number of nitrogens with zero attached hydrogens (tertiary/aromatic N) is 6. The zero-order valence-corrected chi connectivity index (χ0v) is 15.4. The Morgan fingerprint density at radius 3 is 2.63 bits per heavy atom. The highest BCUT2D eigenvalue weighted by molar-refractivity contribution is 6.34. The molecule has 1 aliphatic rings. The summed E-state index contributed by atoms with van der Waals surface area (Å²) in [6, 6.07) is 0.145. The normalized spacial score (nSPS) is 15.4. The third-order valence-corrected chi connectivity index (χ3v) is 5.21. The molecule has 140 valence electrons. The Morgan fingerprint density at radius 2 is 1.93 bits per heavy atom. The summed E-state index contributed by atoms with van der Waals surface area (Å²) in [7, 11) is 0. The Labute approximate surface area is 160 Å². The van der Waals surface area contributed by atoms with Crippen molar-refractivity contribution in [2.24, 2.45) is 0 Å². The predicted octanol–water partition coefficient (Wildman–Crippen LogP) is 3.44. The van der Waals surface area contributed by atoms with Crippen molar-refractivity contribution < 1.29 is 4.39 Å². The lowest BCUT2D eigenvalue weighted by Gasteiger charge is -2.32. The van der Waals surface area contributed by atoms with Crippen LogP contribution >= 0.6 is 11.6 Å². The molecular weight excluding hydrogens is 369 g/mol. The number of aromatic nitrogens is 5. The summed E-state index contributed by atoms with van der Waals surface area (Å²) in [6.45, 7) is 1.56. The molecule has 0 aliphatic carbocycles. The second-order valence-corrected chi connectivity index (χ2v) is 6.96. The lowest BCUT2D eigenvalue weighted by atomic mass is 10.1. The fourth-order valence-corrected chi connectivity index (χ4v) is 3.72. The Kier molecular flexibility index (Phi) is 4.98. The molecule has 0 radical (unpaired) electrons. The number of fused-ring (bicyclic) bond motifs is 1. The molecule has 0 atom stereocenters. The van der Waals surface area contributed by atoms with Gasteiger partial charge in [-0.1, -0.05) is 11.6 Å². The first-order valence-electron chi connectivity index (χ1n) is 8.88. The minimum atomic E-state index is -0.387. The maximum absolute atomic E-state index is 14.3. The molecule has 1 fully saturated rings. The molecule has 3 aromatic rings. The molecule has 1 aliphatic heterocycles. The molecule has 7 nitrogen and oxygen atoms in total. The number of nitrogens with one attached hydrogen (secondary N) is 1. The van der Waals surface area contributed by atoms with E-state index in [9.17, 15) is 4.39 Å². The van der Waals surface area contributed by atoms with E-state index in [4.69, 9.17) is 17.0 Å². The van der Waals surface area contributed by atoms with Gasteiger partial charge in [-0.2, -0.15) is 0 Å². The summed E-state index contributed by atoms with van der Waals surface area (Å²) in [5.74, 6) is 0.322. The van der Waals surface area contributed by atoms with Crippen molar-refractivity contribution in [2.45, 2.75) is 31.7 Å². The molecule has 1 N–H and O–H groups in total. The molecule has 0 unspecified atom stereocenters. The predicted molar refractivity (Wildman–Crippen MR) is 102 cm³/mol. The van der Waals surface area contributed by atoms with Crippen LogP contribution in [-0.4, -0.2) is 43.8 Å². The monoisotopic (exact) mass is 387 g/mol. The van der Waals surface area contributed by atoms with Crippen LogP contribution in [0, 0.1) is 11.2 Å². The summed E-state index contributed by atoms with van der Waals surface area (Å²) >= 11 is 6.02. The first-order chi connectivity index (χ1) is 13.2. The standard InChI is InChI=1S/C18H19ClFN7/c19-16-15-14(20)10-27(17(15)25-11-24-16)13-3-6-26(7-4-13)18-22-8-12(9-23-18)2-1-5-21/h5,8-11,13,21H,1-4,6-7H2. The van der Waals surface area contributed by atoms with Crippen LogP contribution in [0.5, 0.6) is 0 Å². The first-order valence-corrected chi connectivity index (χ1v) is 9.26. The minimum Gasteiger partial charge on any atom is -0.341 e. The third-order valence-electron chi connectivity index (χ3n) is 4.93. The fraction of sp³-hybridized carbons (Fsp3) is 0.389. The summed E-state index contributed by atoms with van der Waals surface area (Å²) in [5.41, 5.74) is 1.57. The van der Waals surface area contributed by atoms with Crippen molar-refractivity contribution in [3.63, 3.8) is 0 Å². The maximum atomic E-state index is 14.3. The van der Waals surface area contributed by atoms with Crippen LogP contribution < -0.4 is 4.90 Å². The van der Waals surface area contributed by atoms with Gasteiger partial charge in [0.05, 0.1) is 5.39 Å². The number of piperidine rings is 1. The number of anilines is 1. The molecular formula is C18H19ClFN7. The van der Waals surface area contributed by atoms with Gasteiger partial charge >= 0.3 is 0 Å². The van der Waals surface area contributed by atoms with Crippen LogP contribution in [0.2, 0.25) is 5.15 Å². The van der Waals surface area contributed by atoms with Crippen molar-refractivity contribution >= 4 is 34.8 Å². The van der Waals surface area contributed by atoms with Gasteiger partial charge in [-0.3, -0.25) is 0 Å². The van der Waals surface area contributed by atoms with Gasteiger partial charge in [0.25, 0.3) is 0 Å². The molecule has 3 aromatic heterocycles. The van der Waals surface area contributed by atoms with E-state index in [1.54, 1.807) is 0 Å². The van der Waals surface area contributed by atoms with Gasteiger partial charge < -0.3 is 14.9 Å². The van der Waals surface area contributed by atoms with Crippen LogP contribution in [0.25, 0.3) is 11.0 Å². The fourth-order valence-electron chi connectivity index (χ4n) is 3.51. The number of hydrogen-bond donors (Lipinski definition) is 1. The lowest BCUT2D eigenvalue weighted by Crippen LogP contribution is -2.35. The summed E-state index contributed by atoms with van der Waals surface area (Å²) in [4.78, 5) is 19.1. The molecule has 4 rings (SSSR count). The van der Waals surface area contributed by atoms with Crippen molar-refractivity contribution in [2.75, 3.05) is 18.0 Å². The SMILES string of the molecule is N=CCCc1cnc(N2CCC(n3cc(F)c4c(Cl)ncnc43)CC2)nc1. The van der Waals surface area contributed by atoms with Crippen molar-refractivity contribution in [3.05, 3.63) is 41.5 Å². The summed E-state index contributed by atoms with van der Waals surface area (Å²) in [6.07, 6.45) is 11.0. The Morgan fingerprint density at radius 1 is 1.19 bits per heavy atom. The first kappa shape index (κ1) is 17.8. The molecule has 0 aromatic carbocycles. The lowest BCUT2D eigenvalue weighted by molar-refractivity contribution is 0.398. The molecule has 0 spiro atoms. The maximum Gasteiger partial charge on any atom is 0.225 e. The number of rotatable bonds is 5. The number of aryl methyl sites for hydroxylation is 1. The Bertz CT molecular complexity index is 948. The van der Waals surface area contributed by atoms with Crippen molar-refractivity contribution in [1.29, 1.82) is 5.41 Å². The van der Waals surface area contributed by atoms with Crippen LogP contribution in [0.15, 0.2) is 24.9 Å². The van der Waals surface area contributed by atoms with Crippen LogP contribution in [0.1, 0.15) is 30.9 Å². The summed E-state index contributed by atoms with van der Waals surface area (Å²) in [5, 5.41) is 7.52. The van der Waals surface area contributed by atoms with Crippen LogP contribution in [0.4, 0.5) is 10.3 Å². The molecule has 0 saturated carbocycles. The van der Waals surface area contributed by atoms with E-state index >= 15 is 0 Å². The third kappa shape index (κ3) is 3.49. The van der Waals surface area contributed by atoms with Crippen molar-refractivity contribution in [1.82, 2.24) is 24.5 Å². The Hall–Kier alpha value is -2.61. The zero-order chi connectivity index (χ0) is 18.8. The van der Waals surface area contributed by atoms with E-state index in [1.807, 2.05) is 17.0 Å². The molecule has 1 saturated heterocycles. The van der Waals surface area contributed by atoms with Gasteiger partial charge in [0, 0.05) is 37.7 Å². The van der Waals surface area contributed by atoms with Crippen molar-refractivity contribution in [3.8, 4) is 0 Å². The second kappa shape index (κ2) is 7.56. The molecule has 9 heteroatoms. The minimum absolute atomic E-state index is 0.144. The highest BCUT2D eigenvalue weighted by atomic mass is 35.5. The van der Waals surface area contributed by atoms with E-state index in [1.165, 1.54) is 18.7 Å². The highest BCUT2D eigenvalue weighted by Gasteiger charge is 2.25. The quantitative estimate of drug-likeness (QED) is 0.535. The van der Waals surface area contributed by atoms with Gasteiger partial charge in [-0.25, -0.2) is 24.3 Å². The average molecular weight is 388 g/mol. The van der Waals surface area contributed by atoms with Gasteiger partial charge in [0.2, 0.25) is 5.95 Å². The van der Waals surface area contributed by atoms with E-state index in [2.05, 4.69) is 24.8 Å². The van der Waals surface area contributed by atoms with Gasteiger partial charge in [0.15, 0.2) is 5.82 Å². The zero-order valence-electron chi connectivity index (χ0n) is 14.6. The second-order valence-electron chi connectivity index (χ2n) is 6.60. The van der Waals surface area contributed by atoms with Gasteiger partial charge in [0.1, 0.15) is 17.1 Å². The van der Waals surface area contributed by atoms with Gasteiger partial charge in [-0.15, -0.1) is 0 Å². The van der Waals surface area contributed by atoms with E-state index in [0.29, 0.717) is 18.0 Å². The molecule has 0 amide bonds. The molecule has 4 heterocycles. The van der Waals surface area contributed by atoms with Crippen LogP contribution in [-0.2, 0) is 6.42 Å². The van der Waals surface area contributed by atoms with Gasteiger partial charge in [-0.05, 0) is 37.5 Å². The molecule has 27 heavy (non-hydrogen) atoms. The topological polar surface area (TPSA) is 83.6 Å². The van der Waals surface area contributed by atoms with E-state index < -0.39 is 0 Å². The molecule has 0 bridgehead atoms. The highest BCUT2D eigenvalue weighted by Crippen LogP contribution is 2.31. The number of hydrogen-bond acceptors (Lipinski definition) is 6. The largest absolute Gasteiger partial charge is 0.341 e. The average Bonchev–Trinajstić information content (AvgIpc) is 3.05. The van der Waals surface area contributed by atoms with E-state index in [-0.39, 0.29) is 22.4 Å². The smallest absolute Gasteiger partial charge is 0.225 e. The van der Waals surface area contributed by atoms with Crippen LogP contribution in [0.3, 0.4) is 0 Å². The summed E-state index contributed by atoms with van der Waals surface area (Å²) < 4.78 is 16.1. The number of halogens is 2.